The van der Waals surface area contributed by atoms with Crippen molar-refractivity contribution in [2.24, 2.45) is 0 Å². The highest BCUT2D eigenvalue weighted by molar-refractivity contribution is 4.80. The Morgan fingerprint density at radius 2 is 2.14 bits per heavy atom. The van der Waals surface area contributed by atoms with Gasteiger partial charge in [0, 0.05) is 13.5 Å². The molecule has 0 aliphatic heterocycles. The molecule has 0 saturated carbocycles. The first-order chi connectivity index (χ1) is 6.86. The standard InChI is InChI=1S/C9H17N3O2/c1-3-10-6-4-5-8-11-12-9(14-8)7-13-2/h10H,3-7H2,1-2H3. The first kappa shape index (κ1) is 11.1. The van der Waals surface area contributed by atoms with Gasteiger partial charge in [0.2, 0.25) is 11.8 Å². The summed E-state index contributed by atoms with van der Waals surface area (Å²) < 4.78 is 10.2. The lowest BCUT2D eigenvalue weighted by atomic mass is 10.3. The highest BCUT2D eigenvalue weighted by atomic mass is 16.5. The van der Waals surface area contributed by atoms with Crippen LogP contribution in [0.4, 0.5) is 0 Å². The first-order valence-electron chi connectivity index (χ1n) is 4.87. The highest BCUT2D eigenvalue weighted by Gasteiger charge is 2.04. The second-order valence-electron chi connectivity index (χ2n) is 2.98. The first-order valence-corrected chi connectivity index (χ1v) is 4.87. The lowest BCUT2D eigenvalue weighted by Crippen LogP contribution is -2.14. The van der Waals surface area contributed by atoms with E-state index in [2.05, 4.69) is 22.4 Å². The van der Waals surface area contributed by atoms with Gasteiger partial charge in [0.25, 0.3) is 0 Å². The van der Waals surface area contributed by atoms with Crippen molar-refractivity contribution < 1.29 is 9.15 Å². The summed E-state index contributed by atoms with van der Waals surface area (Å²) in [5.74, 6) is 1.24. The summed E-state index contributed by atoms with van der Waals surface area (Å²) in [5, 5.41) is 11.0. The number of nitrogens with one attached hydrogen (secondary N) is 1. The van der Waals surface area contributed by atoms with Gasteiger partial charge in [0.1, 0.15) is 6.61 Å². The summed E-state index contributed by atoms with van der Waals surface area (Å²) in [5.41, 5.74) is 0. The Morgan fingerprint density at radius 3 is 2.86 bits per heavy atom. The van der Waals surface area contributed by atoms with Crippen molar-refractivity contribution in [2.75, 3.05) is 20.2 Å². The lowest BCUT2D eigenvalue weighted by Gasteiger charge is -1.97. The molecule has 1 aromatic rings. The SMILES string of the molecule is CCNCCCc1nnc(COC)o1. The number of ether oxygens (including phenoxy) is 1. The molecule has 1 rings (SSSR count). The Hall–Kier alpha value is -0.940. The fourth-order valence-electron chi connectivity index (χ4n) is 1.11. The molecule has 80 valence electrons. The minimum absolute atomic E-state index is 0.389. The number of nitrogens with zero attached hydrogens (tertiary/aromatic N) is 2. The van der Waals surface area contributed by atoms with Crippen LogP contribution in [0.25, 0.3) is 0 Å². The zero-order chi connectivity index (χ0) is 10.2. The van der Waals surface area contributed by atoms with Crippen LogP contribution in [0.15, 0.2) is 4.42 Å². The van der Waals surface area contributed by atoms with Crippen LogP contribution in [0.3, 0.4) is 0 Å². The molecule has 14 heavy (non-hydrogen) atoms. The van der Waals surface area contributed by atoms with E-state index in [0.29, 0.717) is 18.4 Å². The van der Waals surface area contributed by atoms with Crippen LogP contribution in [0, 0.1) is 0 Å². The minimum atomic E-state index is 0.389. The molecule has 0 radical (unpaired) electrons. The van der Waals surface area contributed by atoms with Gasteiger partial charge in [-0.3, -0.25) is 0 Å². The van der Waals surface area contributed by atoms with Gasteiger partial charge >= 0.3 is 0 Å². The summed E-state index contributed by atoms with van der Waals surface area (Å²) in [4.78, 5) is 0. The van der Waals surface area contributed by atoms with Gasteiger partial charge in [-0.1, -0.05) is 6.92 Å². The lowest BCUT2D eigenvalue weighted by molar-refractivity contribution is 0.158. The predicted octanol–water partition coefficient (Wildman–Crippen LogP) is 0.758. The van der Waals surface area contributed by atoms with E-state index in [0.717, 1.165) is 25.9 Å². The largest absolute Gasteiger partial charge is 0.423 e. The maximum absolute atomic E-state index is 5.33. The van der Waals surface area contributed by atoms with Gasteiger partial charge in [-0.2, -0.15) is 0 Å². The third-order valence-electron chi connectivity index (χ3n) is 1.77. The second kappa shape index (κ2) is 6.50. The van der Waals surface area contributed by atoms with E-state index in [1.807, 2.05) is 0 Å². The smallest absolute Gasteiger partial charge is 0.242 e. The summed E-state index contributed by atoms with van der Waals surface area (Å²) in [6, 6.07) is 0. The van der Waals surface area contributed by atoms with E-state index in [9.17, 15) is 0 Å². The van der Waals surface area contributed by atoms with Crippen LogP contribution in [0.2, 0.25) is 0 Å². The van der Waals surface area contributed by atoms with Gasteiger partial charge in [0.15, 0.2) is 0 Å². The maximum atomic E-state index is 5.33. The molecule has 0 saturated heterocycles. The fourth-order valence-corrected chi connectivity index (χ4v) is 1.11. The zero-order valence-electron chi connectivity index (χ0n) is 8.75. The van der Waals surface area contributed by atoms with Gasteiger partial charge in [-0.05, 0) is 19.5 Å². The zero-order valence-corrected chi connectivity index (χ0v) is 8.75. The maximum Gasteiger partial charge on any atom is 0.242 e. The van der Waals surface area contributed by atoms with Crippen LogP contribution in [-0.4, -0.2) is 30.4 Å². The van der Waals surface area contributed by atoms with Gasteiger partial charge in [0.05, 0.1) is 0 Å². The number of hydrogen-bond donors (Lipinski definition) is 1. The third kappa shape index (κ3) is 3.85. The molecule has 5 heteroatoms. The quantitative estimate of drug-likeness (QED) is 0.657. The number of methoxy groups -OCH3 is 1. The summed E-state index contributed by atoms with van der Waals surface area (Å²) >= 11 is 0. The highest BCUT2D eigenvalue weighted by Crippen LogP contribution is 2.02. The molecule has 0 amide bonds. The Kier molecular flexibility index (Phi) is 5.17. The van der Waals surface area contributed by atoms with Gasteiger partial charge < -0.3 is 14.5 Å². The summed E-state index contributed by atoms with van der Waals surface area (Å²) in [6.07, 6.45) is 1.84. The van der Waals surface area contributed by atoms with E-state index in [1.54, 1.807) is 7.11 Å². The predicted molar refractivity (Wildman–Crippen MR) is 51.9 cm³/mol. The number of aryl methyl sites for hydroxylation is 1. The number of hydrogen-bond acceptors (Lipinski definition) is 5. The van der Waals surface area contributed by atoms with E-state index in [1.165, 1.54) is 0 Å². The molecular formula is C9H17N3O2. The Morgan fingerprint density at radius 1 is 1.36 bits per heavy atom. The van der Waals surface area contributed by atoms with Crippen molar-refractivity contribution in [2.45, 2.75) is 26.4 Å². The van der Waals surface area contributed by atoms with Crippen LogP contribution >= 0.6 is 0 Å². The van der Waals surface area contributed by atoms with Crippen LogP contribution in [0.5, 0.6) is 0 Å². The Bertz CT molecular complexity index is 250. The average molecular weight is 199 g/mol. The van der Waals surface area contributed by atoms with E-state index in [-0.39, 0.29) is 0 Å². The van der Waals surface area contributed by atoms with Crippen molar-refractivity contribution in [3.05, 3.63) is 11.8 Å². The van der Waals surface area contributed by atoms with E-state index in [4.69, 9.17) is 9.15 Å². The average Bonchev–Trinajstić information content (AvgIpc) is 2.61. The van der Waals surface area contributed by atoms with Crippen LogP contribution in [-0.2, 0) is 17.8 Å². The minimum Gasteiger partial charge on any atom is -0.423 e. The van der Waals surface area contributed by atoms with Crippen molar-refractivity contribution in [3.8, 4) is 0 Å². The van der Waals surface area contributed by atoms with Crippen LogP contribution < -0.4 is 5.32 Å². The molecule has 0 bridgehead atoms. The molecule has 1 heterocycles. The molecule has 0 spiro atoms. The third-order valence-corrected chi connectivity index (χ3v) is 1.77. The van der Waals surface area contributed by atoms with Crippen molar-refractivity contribution in [1.82, 2.24) is 15.5 Å². The fraction of sp³-hybridized carbons (Fsp3) is 0.778. The monoisotopic (exact) mass is 199 g/mol. The number of aromatic nitrogens is 2. The van der Waals surface area contributed by atoms with Gasteiger partial charge in [-0.15, -0.1) is 10.2 Å². The normalized spacial score (nSPS) is 10.7. The Balaban J connectivity index is 2.22. The molecule has 1 aromatic heterocycles. The summed E-state index contributed by atoms with van der Waals surface area (Å²) in [6.45, 7) is 4.46. The van der Waals surface area contributed by atoms with Crippen molar-refractivity contribution >= 4 is 0 Å². The molecule has 0 unspecified atom stereocenters. The molecule has 5 nitrogen and oxygen atoms in total. The molecule has 0 fully saturated rings. The van der Waals surface area contributed by atoms with Crippen molar-refractivity contribution in [3.63, 3.8) is 0 Å². The topological polar surface area (TPSA) is 60.2 Å². The second-order valence-corrected chi connectivity index (χ2v) is 2.98. The molecule has 0 aliphatic rings. The molecule has 0 aromatic carbocycles. The molecule has 0 atom stereocenters. The summed E-state index contributed by atoms with van der Waals surface area (Å²) in [7, 11) is 1.61. The Labute approximate surface area is 83.9 Å². The van der Waals surface area contributed by atoms with Crippen LogP contribution in [0.1, 0.15) is 25.1 Å². The van der Waals surface area contributed by atoms with E-state index < -0.39 is 0 Å². The van der Waals surface area contributed by atoms with Crippen molar-refractivity contribution in [1.29, 1.82) is 0 Å². The molecule has 0 aliphatic carbocycles. The number of rotatable bonds is 7. The molecular weight excluding hydrogens is 182 g/mol. The van der Waals surface area contributed by atoms with E-state index >= 15 is 0 Å². The van der Waals surface area contributed by atoms with Gasteiger partial charge in [-0.25, -0.2) is 0 Å². The molecule has 1 N–H and O–H groups in total.